The molecule has 2 N–H and O–H groups in total. The number of ether oxygens (including phenoxy) is 1. The second-order valence-electron chi connectivity index (χ2n) is 9.49. The van der Waals surface area contributed by atoms with Gasteiger partial charge < -0.3 is 20.3 Å². The Morgan fingerprint density at radius 2 is 1.59 bits per heavy atom. The van der Waals surface area contributed by atoms with Gasteiger partial charge in [-0.15, -0.1) is 0 Å². The molecule has 210 valence electrons. The first-order valence-electron chi connectivity index (χ1n) is 12.9. The van der Waals surface area contributed by atoms with Gasteiger partial charge in [0.1, 0.15) is 11.4 Å². The highest BCUT2D eigenvalue weighted by Gasteiger charge is 2.24. The van der Waals surface area contributed by atoms with Gasteiger partial charge in [0.15, 0.2) is 0 Å². The van der Waals surface area contributed by atoms with Gasteiger partial charge in [-0.1, -0.05) is 24.3 Å². The first-order valence-corrected chi connectivity index (χ1v) is 12.9. The zero-order chi connectivity index (χ0) is 29.1. The fraction of sp³-hybridized carbons (Fsp3) is 0.207. The molecule has 0 aliphatic carbocycles. The van der Waals surface area contributed by atoms with Crippen molar-refractivity contribution in [1.82, 2.24) is 9.36 Å². The number of hydrogen-bond acceptors (Lipinski definition) is 7. The second kappa shape index (κ2) is 11.5. The summed E-state index contributed by atoms with van der Waals surface area (Å²) in [5, 5.41) is 17.2. The van der Waals surface area contributed by atoms with Crippen molar-refractivity contribution in [2.75, 3.05) is 41.8 Å². The van der Waals surface area contributed by atoms with E-state index in [0.717, 1.165) is 0 Å². The van der Waals surface area contributed by atoms with Crippen LogP contribution >= 0.6 is 0 Å². The number of para-hydroxylation sites is 1. The highest BCUT2D eigenvalue weighted by Crippen LogP contribution is 2.30. The van der Waals surface area contributed by atoms with Gasteiger partial charge >= 0.3 is 0 Å². The summed E-state index contributed by atoms with van der Waals surface area (Å²) in [6, 6.07) is 19.6. The maximum Gasteiger partial charge on any atom is 0.295 e. The highest BCUT2D eigenvalue weighted by atomic mass is 16.6. The third-order valence-corrected chi connectivity index (χ3v) is 6.96. The molecule has 2 heterocycles. The molecule has 12 nitrogen and oxygen atoms in total. The third-order valence-electron chi connectivity index (χ3n) is 6.96. The Hall–Kier alpha value is -5.23. The minimum atomic E-state index is -0.566. The number of aromatic nitrogens is 2. The fourth-order valence-corrected chi connectivity index (χ4v) is 4.72. The molecule has 0 bridgehead atoms. The van der Waals surface area contributed by atoms with E-state index in [-0.39, 0.29) is 28.1 Å². The van der Waals surface area contributed by atoms with E-state index in [9.17, 15) is 24.5 Å². The third kappa shape index (κ3) is 5.58. The van der Waals surface area contributed by atoms with Crippen molar-refractivity contribution < 1.29 is 19.2 Å². The van der Waals surface area contributed by atoms with Crippen molar-refractivity contribution in [3.8, 4) is 5.69 Å². The normalized spacial score (nSPS) is 13.1. The molecular weight excluding hydrogens is 528 g/mol. The van der Waals surface area contributed by atoms with Gasteiger partial charge in [-0.05, 0) is 49.4 Å². The van der Waals surface area contributed by atoms with Crippen LogP contribution in [-0.4, -0.2) is 52.4 Å². The number of anilines is 3. The van der Waals surface area contributed by atoms with E-state index in [1.54, 1.807) is 55.1 Å². The number of nitro benzene ring substituents is 1. The largest absolute Gasteiger partial charge is 0.378 e. The molecule has 0 spiro atoms. The first-order chi connectivity index (χ1) is 19.7. The van der Waals surface area contributed by atoms with E-state index >= 15 is 0 Å². The van der Waals surface area contributed by atoms with Gasteiger partial charge in [0, 0.05) is 43.0 Å². The smallest absolute Gasteiger partial charge is 0.295 e. The average Bonchev–Trinajstić information content (AvgIpc) is 3.20. The van der Waals surface area contributed by atoms with Crippen molar-refractivity contribution >= 4 is 34.6 Å². The number of nitrogens with one attached hydrogen (secondary N) is 2. The number of carbonyl (C=O) groups excluding carboxylic acids is 2. The molecule has 41 heavy (non-hydrogen) atoms. The van der Waals surface area contributed by atoms with Crippen LogP contribution in [0.25, 0.3) is 5.69 Å². The maximum atomic E-state index is 13.2. The van der Waals surface area contributed by atoms with E-state index < -0.39 is 16.7 Å². The van der Waals surface area contributed by atoms with Gasteiger partial charge in [0.2, 0.25) is 0 Å². The Labute approximate surface area is 234 Å². The van der Waals surface area contributed by atoms with Gasteiger partial charge in [-0.25, -0.2) is 4.68 Å². The molecule has 2 amide bonds. The molecule has 0 atom stereocenters. The van der Waals surface area contributed by atoms with Crippen LogP contribution < -0.4 is 21.1 Å². The molecule has 1 aliphatic rings. The highest BCUT2D eigenvalue weighted by molar-refractivity contribution is 6.08. The Bertz CT molecular complexity index is 1690. The Balaban J connectivity index is 1.34. The lowest BCUT2D eigenvalue weighted by atomic mass is 10.1. The average molecular weight is 557 g/mol. The zero-order valence-electron chi connectivity index (χ0n) is 22.5. The van der Waals surface area contributed by atoms with Crippen molar-refractivity contribution in [3.05, 3.63) is 110 Å². The van der Waals surface area contributed by atoms with Crippen LogP contribution in [0.15, 0.2) is 77.6 Å². The minimum Gasteiger partial charge on any atom is -0.378 e. The number of nitro groups is 1. The lowest BCUT2D eigenvalue weighted by Crippen LogP contribution is -2.36. The molecule has 1 aromatic heterocycles. The van der Waals surface area contributed by atoms with Gasteiger partial charge in [0.25, 0.3) is 23.1 Å². The quantitative estimate of drug-likeness (QED) is 0.261. The van der Waals surface area contributed by atoms with Crippen molar-refractivity contribution in [2.45, 2.75) is 6.92 Å². The topological polar surface area (TPSA) is 141 Å². The van der Waals surface area contributed by atoms with Crippen LogP contribution in [0, 0.1) is 17.0 Å². The van der Waals surface area contributed by atoms with E-state index in [1.807, 2.05) is 23.1 Å². The lowest BCUT2D eigenvalue weighted by Gasteiger charge is -2.28. The van der Waals surface area contributed by atoms with Crippen LogP contribution in [0.5, 0.6) is 0 Å². The van der Waals surface area contributed by atoms with Crippen LogP contribution in [-0.2, 0) is 11.8 Å². The number of morpholine rings is 1. The maximum absolute atomic E-state index is 13.2. The van der Waals surface area contributed by atoms with Gasteiger partial charge in [-0.2, -0.15) is 0 Å². The SMILES string of the molecule is Cc1c(NC(=O)c2cccc(NC(=O)c3ccc(N4CCOCC4)c([N+](=O)[O-])c3)c2)c(=O)n(-c2ccccc2)n1C. The number of nitrogens with zero attached hydrogens (tertiary/aromatic N) is 4. The number of amides is 2. The summed E-state index contributed by atoms with van der Waals surface area (Å²) >= 11 is 0. The summed E-state index contributed by atoms with van der Waals surface area (Å²) in [5.74, 6) is -1.10. The molecule has 1 saturated heterocycles. The predicted molar refractivity (Wildman–Crippen MR) is 154 cm³/mol. The van der Waals surface area contributed by atoms with Crippen LogP contribution in [0.1, 0.15) is 26.4 Å². The zero-order valence-corrected chi connectivity index (χ0v) is 22.5. The van der Waals surface area contributed by atoms with E-state index in [4.69, 9.17) is 4.74 Å². The Morgan fingerprint density at radius 3 is 2.29 bits per heavy atom. The number of carbonyl (C=O) groups is 2. The molecule has 4 aromatic rings. The van der Waals surface area contributed by atoms with Gasteiger partial charge in [-0.3, -0.25) is 29.2 Å². The standard InChI is InChI=1S/C29H28N6O6/c1-19-26(29(38)34(32(19)2)23-9-4-3-5-10-23)31-28(37)20-7-6-8-22(17-20)30-27(36)21-11-12-24(25(18-21)35(39)40)33-13-15-41-16-14-33/h3-12,17-18H,13-16H2,1-2H3,(H,30,36)(H,31,37). The molecular formula is C29H28N6O6. The van der Waals surface area contributed by atoms with E-state index in [1.165, 1.54) is 22.9 Å². The Morgan fingerprint density at radius 1 is 0.902 bits per heavy atom. The monoisotopic (exact) mass is 556 g/mol. The molecule has 0 saturated carbocycles. The van der Waals surface area contributed by atoms with Crippen molar-refractivity contribution in [3.63, 3.8) is 0 Å². The Kier molecular flexibility index (Phi) is 7.66. The number of benzene rings is 3. The van der Waals surface area contributed by atoms with Gasteiger partial charge in [0.05, 0.1) is 29.5 Å². The first kappa shape index (κ1) is 27.3. The molecule has 1 fully saturated rings. The van der Waals surface area contributed by atoms with E-state index in [2.05, 4.69) is 10.6 Å². The van der Waals surface area contributed by atoms with E-state index in [0.29, 0.717) is 49.1 Å². The molecule has 0 unspecified atom stereocenters. The summed E-state index contributed by atoms with van der Waals surface area (Å²) in [5.41, 5.74) is 1.87. The van der Waals surface area contributed by atoms with Crippen molar-refractivity contribution in [1.29, 1.82) is 0 Å². The molecule has 12 heteroatoms. The predicted octanol–water partition coefficient (Wildman–Crippen LogP) is 3.73. The second-order valence-corrected chi connectivity index (χ2v) is 9.49. The molecule has 1 aliphatic heterocycles. The van der Waals surface area contributed by atoms with Crippen LogP contribution in [0.2, 0.25) is 0 Å². The van der Waals surface area contributed by atoms with Crippen LogP contribution in [0.3, 0.4) is 0 Å². The lowest BCUT2D eigenvalue weighted by molar-refractivity contribution is -0.384. The summed E-state index contributed by atoms with van der Waals surface area (Å²) in [6.07, 6.45) is 0. The van der Waals surface area contributed by atoms with Crippen LogP contribution in [0.4, 0.5) is 22.7 Å². The molecule has 3 aromatic carbocycles. The molecule has 5 rings (SSSR count). The summed E-state index contributed by atoms with van der Waals surface area (Å²) < 4.78 is 8.45. The summed E-state index contributed by atoms with van der Waals surface area (Å²) in [6.45, 7) is 3.71. The number of rotatable bonds is 7. The minimum absolute atomic E-state index is 0.102. The summed E-state index contributed by atoms with van der Waals surface area (Å²) in [4.78, 5) is 52.4. The fourth-order valence-electron chi connectivity index (χ4n) is 4.72. The molecule has 0 radical (unpaired) electrons. The van der Waals surface area contributed by atoms with Crippen molar-refractivity contribution in [2.24, 2.45) is 7.05 Å². The summed E-state index contributed by atoms with van der Waals surface area (Å²) in [7, 11) is 1.73. The number of hydrogen-bond donors (Lipinski definition) is 2.